The van der Waals surface area contributed by atoms with Crippen molar-refractivity contribution in [2.45, 2.75) is 25.5 Å². The van der Waals surface area contributed by atoms with Gasteiger partial charge >= 0.3 is 0 Å². The monoisotopic (exact) mass is 581 g/mol. The normalized spacial score (nSPS) is 18.4. The first-order valence-corrected chi connectivity index (χ1v) is 13.5. The van der Waals surface area contributed by atoms with E-state index in [-0.39, 0.29) is 16.9 Å². The van der Waals surface area contributed by atoms with Gasteiger partial charge in [-0.1, -0.05) is 18.2 Å². The van der Waals surface area contributed by atoms with Crippen LogP contribution in [-0.2, 0) is 10.4 Å². The Morgan fingerprint density at radius 1 is 1.20 bits per heavy atom. The highest BCUT2D eigenvalue weighted by Crippen LogP contribution is 2.44. The van der Waals surface area contributed by atoms with Crippen molar-refractivity contribution in [2.24, 2.45) is 5.92 Å². The van der Waals surface area contributed by atoms with Gasteiger partial charge in [0.1, 0.15) is 17.4 Å². The van der Waals surface area contributed by atoms with Crippen LogP contribution >= 0.6 is 11.6 Å². The highest BCUT2D eigenvalue weighted by Gasteiger charge is 2.45. The van der Waals surface area contributed by atoms with E-state index in [0.29, 0.717) is 46.2 Å². The Bertz CT molecular complexity index is 1500. The van der Waals surface area contributed by atoms with Crippen molar-refractivity contribution in [3.63, 3.8) is 0 Å². The van der Waals surface area contributed by atoms with Crippen LogP contribution in [0.15, 0.2) is 49.2 Å². The molecule has 0 saturated carbocycles. The number of likely N-dealkylation sites (tertiary alicyclic amines) is 1. The van der Waals surface area contributed by atoms with Crippen LogP contribution in [0.5, 0.6) is 5.75 Å². The molecule has 2 aliphatic heterocycles. The molecule has 5 rings (SSSR count). The van der Waals surface area contributed by atoms with Gasteiger partial charge in [-0.05, 0) is 51.2 Å². The molecule has 12 heteroatoms. The molecule has 41 heavy (non-hydrogen) atoms. The first-order valence-electron chi connectivity index (χ1n) is 13.2. The second-order valence-electron chi connectivity index (χ2n) is 10.9. The molecule has 2 fully saturated rings. The van der Waals surface area contributed by atoms with Crippen LogP contribution in [0.1, 0.15) is 19.4 Å². The number of nitrogens with one attached hydrogen (secondary N) is 3. The smallest absolute Gasteiger partial charge is 0.247 e. The van der Waals surface area contributed by atoms with E-state index in [0.717, 1.165) is 25.3 Å². The fraction of sp³-hybridized carbons (Fsp3) is 0.345. The molecule has 3 aromatic rings. The zero-order chi connectivity index (χ0) is 29.5. The fourth-order valence-electron chi connectivity index (χ4n) is 5.39. The average Bonchev–Trinajstić information content (AvgIpc) is 3.20. The second kappa shape index (κ2) is 11.2. The van der Waals surface area contributed by atoms with Crippen molar-refractivity contribution in [1.29, 1.82) is 0 Å². The standard InChI is InChI=1S/C29H33ClFN7O3/c1-6-27(39)34-21-11-22(25(41-5)12-23(21)38-14-16-13-37(4)15-24(16)38)35-28-32-8-7-26(36-28)33-20-10-18(30)19(31)9-17(20)29(2,3)40/h6-12,16,24,40H,1,13-15H2,2-5H3,(H,34,39)(H2,32,33,35,36). The molecule has 0 radical (unpaired) electrons. The van der Waals surface area contributed by atoms with E-state index in [1.54, 1.807) is 39.3 Å². The molecular weight excluding hydrogens is 549 g/mol. The van der Waals surface area contributed by atoms with Crippen molar-refractivity contribution >= 4 is 52.0 Å². The summed E-state index contributed by atoms with van der Waals surface area (Å²) in [6, 6.07) is 8.28. The number of rotatable bonds is 9. The summed E-state index contributed by atoms with van der Waals surface area (Å²) in [6.07, 6.45) is 2.77. The number of aromatic nitrogens is 2. The molecule has 10 nitrogen and oxygen atoms in total. The molecule has 2 unspecified atom stereocenters. The number of nitrogens with zero attached hydrogens (tertiary/aromatic N) is 4. The third kappa shape index (κ3) is 5.92. The van der Waals surface area contributed by atoms with Gasteiger partial charge in [-0.25, -0.2) is 9.37 Å². The molecule has 216 valence electrons. The predicted octanol–water partition coefficient (Wildman–Crippen LogP) is 4.87. The summed E-state index contributed by atoms with van der Waals surface area (Å²) in [5.41, 5.74) is 1.38. The number of hydrogen-bond donors (Lipinski definition) is 4. The van der Waals surface area contributed by atoms with Gasteiger partial charge in [0, 0.05) is 55.1 Å². The number of benzene rings is 2. The van der Waals surface area contributed by atoms with Crippen molar-refractivity contribution in [2.75, 3.05) is 54.6 Å². The van der Waals surface area contributed by atoms with Crippen LogP contribution in [0.2, 0.25) is 5.02 Å². The molecule has 0 bridgehead atoms. The maximum Gasteiger partial charge on any atom is 0.247 e. The van der Waals surface area contributed by atoms with Crippen LogP contribution in [0.3, 0.4) is 0 Å². The molecule has 2 atom stereocenters. The van der Waals surface area contributed by atoms with Gasteiger partial charge in [0.05, 0.1) is 34.8 Å². The number of carbonyl (C=O) groups is 1. The maximum absolute atomic E-state index is 14.2. The summed E-state index contributed by atoms with van der Waals surface area (Å²) in [4.78, 5) is 25.8. The number of methoxy groups -OCH3 is 1. The lowest BCUT2D eigenvalue weighted by molar-refractivity contribution is -0.111. The molecule has 2 aromatic carbocycles. The summed E-state index contributed by atoms with van der Waals surface area (Å²) < 4.78 is 19.9. The van der Waals surface area contributed by atoms with E-state index < -0.39 is 11.4 Å². The number of halogens is 2. The van der Waals surface area contributed by atoms with E-state index in [1.807, 2.05) is 6.07 Å². The quantitative estimate of drug-likeness (QED) is 0.263. The fourth-order valence-corrected chi connectivity index (χ4v) is 5.55. The molecule has 2 aliphatic rings. The van der Waals surface area contributed by atoms with Gasteiger partial charge in [0.2, 0.25) is 11.9 Å². The number of likely N-dealkylation sites (N-methyl/N-ethyl adjacent to an activating group) is 1. The summed E-state index contributed by atoms with van der Waals surface area (Å²) in [7, 11) is 3.69. The van der Waals surface area contributed by atoms with Gasteiger partial charge in [-0.2, -0.15) is 4.98 Å². The number of hydrogen-bond acceptors (Lipinski definition) is 9. The number of carbonyl (C=O) groups excluding carboxylic acids is 1. The Kier molecular flexibility index (Phi) is 7.78. The Morgan fingerprint density at radius 2 is 1.98 bits per heavy atom. The Balaban J connectivity index is 1.45. The third-order valence-electron chi connectivity index (χ3n) is 7.38. The molecule has 0 spiro atoms. The van der Waals surface area contributed by atoms with Crippen LogP contribution in [0.4, 0.5) is 38.9 Å². The number of anilines is 6. The zero-order valence-corrected chi connectivity index (χ0v) is 24.1. The number of amides is 1. The molecular formula is C29H33ClFN7O3. The molecule has 1 amide bonds. The lowest BCUT2D eigenvalue weighted by Crippen LogP contribution is -2.56. The minimum atomic E-state index is -1.34. The molecule has 4 N–H and O–H groups in total. The molecule has 1 aromatic heterocycles. The SMILES string of the molecule is C=CC(=O)Nc1cc(Nc2nccc(Nc3cc(Cl)c(F)cc3C(C)(C)O)n2)c(OC)cc1N1CC2CN(C)CC21. The molecule has 3 heterocycles. The number of ether oxygens (including phenoxy) is 1. The molecule has 0 aliphatic carbocycles. The first kappa shape index (κ1) is 28.6. The highest BCUT2D eigenvalue weighted by atomic mass is 35.5. The molecule has 2 saturated heterocycles. The summed E-state index contributed by atoms with van der Waals surface area (Å²) in [5.74, 6) is 0.783. The Morgan fingerprint density at radius 3 is 2.66 bits per heavy atom. The average molecular weight is 582 g/mol. The van der Waals surface area contributed by atoms with E-state index in [4.69, 9.17) is 16.3 Å². The summed E-state index contributed by atoms with van der Waals surface area (Å²) in [5, 5.41) is 19.7. The van der Waals surface area contributed by atoms with E-state index in [1.165, 1.54) is 18.2 Å². The lowest BCUT2D eigenvalue weighted by Gasteiger charge is -2.46. The van der Waals surface area contributed by atoms with Gasteiger partial charge in [0.15, 0.2) is 0 Å². The van der Waals surface area contributed by atoms with Crippen molar-refractivity contribution in [1.82, 2.24) is 14.9 Å². The van der Waals surface area contributed by atoms with Crippen LogP contribution in [0.25, 0.3) is 0 Å². The van der Waals surface area contributed by atoms with Gasteiger partial charge in [-0.15, -0.1) is 0 Å². The highest BCUT2D eigenvalue weighted by molar-refractivity contribution is 6.31. The lowest BCUT2D eigenvalue weighted by atomic mass is 9.90. The van der Waals surface area contributed by atoms with E-state index in [2.05, 4.69) is 49.3 Å². The van der Waals surface area contributed by atoms with Crippen LogP contribution in [0, 0.1) is 11.7 Å². The zero-order valence-electron chi connectivity index (χ0n) is 23.3. The third-order valence-corrected chi connectivity index (χ3v) is 7.67. The van der Waals surface area contributed by atoms with Gasteiger partial charge < -0.3 is 35.6 Å². The van der Waals surface area contributed by atoms with Gasteiger partial charge in [-0.3, -0.25) is 4.79 Å². The largest absolute Gasteiger partial charge is 0.494 e. The van der Waals surface area contributed by atoms with E-state index >= 15 is 0 Å². The number of aliphatic hydroxyl groups is 1. The predicted molar refractivity (Wildman–Crippen MR) is 159 cm³/mol. The second-order valence-corrected chi connectivity index (χ2v) is 11.3. The maximum atomic E-state index is 14.2. The van der Waals surface area contributed by atoms with Crippen molar-refractivity contribution in [3.05, 3.63) is 65.6 Å². The Hall–Kier alpha value is -3.93. The van der Waals surface area contributed by atoms with Gasteiger partial charge in [0.25, 0.3) is 0 Å². The van der Waals surface area contributed by atoms with Crippen molar-refractivity contribution < 1.29 is 19.0 Å². The summed E-state index contributed by atoms with van der Waals surface area (Å²) >= 11 is 6.02. The van der Waals surface area contributed by atoms with Crippen LogP contribution < -0.4 is 25.6 Å². The first-order chi connectivity index (χ1) is 19.5. The van der Waals surface area contributed by atoms with Crippen molar-refractivity contribution in [3.8, 4) is 5.75 Å². The topological polar surface area (TPSA) is 115 Å². The van der Waals surface area contributed by atoms with Crippen LogP contribution in [-0.4, -0.2) is 65.7 Å². The summed E-state index contributed by atoms with van der Waals surface area (Å²) in [6.45, 7) is 9.58. The minimum absolute atomic E-state index is 0.0930. The Labute approximate surface area is 243 Å². The minimum Gasteiger partial charge on any atom is -0.494 e. The number of fused-ring (bicyclic) bond motifs is 1. The van der Waals surface area contributed by atoms with E-state index in [9.17, 15) is 14.3 Å².